The molecule has 0 saturated heterocycles. The Morgan fingerprint density at radius 2 is 2.04 bits per heavy atom. The molecule has 1 aliphatic heterocycles. The number of urea groups is 1. The molecule has 0 fully saturated rings. The van der Waals surface area contributed by atoms with Crippen molar-refractivity contribution in [3.8, 4) is 11.5 Å². The fourth-order valence-electron chi connectivity index (χ4n) is 2.56. The molecule has 2 rings (SSSR count). The summed E-state index contributed by atoms with van der Waals surface area (Å²) >= 11 is 0. The van der Waals surface area contributed by atoms with Gasteiger partial charge in [0.1, 0.15) is 18.1 Å². The van der Waals surface area contributed by atoms with Crippen LogP contribution in [-0.2, 0) is 9.53 Å². The maximum Gasteiger partial charge on any atom is 0.338 e. The predicted molar refractivity (Wildman–Crippen MR) is 92.4 cm³/mol. The van der Waals surface area contributed by atoms with E-state index in [-0.39, 0.29) is 6.61 Å². The monoisotopic (exact) mass is 346 g/mol. The fourth-order valence-corrected chi connectivity index (χ4v) is 2.56. The number of ether oxygens (including phenoxy) is 3. The van der Waals surface area contributed by atoms with Crippen LogP contribution in [0.15, 0.2) is 41.6 Å². The third kappa shape index (κ3) is 4.12. The van der Waals surface area contributed by atoms with Gasteiger partial charge in [-0.1, -0.05) is 12.2 Å². The van der Waals surface area contributed by atoms with Crippen LogP contribution in [0.4, 0.5) is 4.79 Å². The molecule has 1 unspecified atom stereocenters. The van der Waals surface area contributed by atoms with Crippen LogP contribution in [0.1, 0.15) is 25.5 Å². The number of esters is 1. The van der Waals surface area contributed by atoms with Gasteiger partial charge in [0, 0.05) is 11.3 Å². The lowest BCUT2D eigenvalue weighted by atomic mass is 9.94. The van der Waals surface area contributed by atoms with E-state index in [9.17, 15) is 9.59 Å². The lowest BCUT2D eigenvalue weighted by Crippen LogP contribution is -2.45. The smallest absolute Gasteiger partial charge is 0.338 e. The minimum atomic E-state index is -0.711. The first-order valence-corrected chi connectivity index (χ1v) is 7.80. The van der Waals surface area contributed by atoms with E-state index >= 15 is 0 Å². The summed E-state index contributed by atoms with van der Waals surface area (Å²) in [6.07, 6.45) is 3.52. The van der Waals surface area contributed by atoms with Crippen LogP contribution in [0, 0.1) is 0 Å². The van der Waals surface area contributed by atoms with Gasteiger partial charge in [0.2, 0.25) is 0 Å². The number of allylic oxidation sites excluding steroid dienone is 2. The summed E-state index contributed by atoms with van der Waals surface area (Å²) in [6.45, 7) is 3.65. The molecule has 2 amide bonds. The molecule has 1 aromatic carbocycles. The van der Waals surface area contributed by atoms with E-state index in [1.54, 1.807) is 44.4 Å². The highest BCUT2D eigenvalue weighted by Gasteiger charge is 2.34. The van der Waals surface area contributed by atoms with Crippen molar-refractivity contribution >= 4 is 12.0 Å². The predicted octanol–water partition coefficient (Wildman–Crippen LogP) is 2.45. The molecule has 1 heterocycles. The summed E-state index contributed by atoms with van der Waals surface area (Å²) in [5, 5.41) is 5.35. The first-order valence-electron chi connectivity index (χ1n) is 7.80. The van der Waals surface area contributed by atoms with Gasteiger partial charge in [-0.3, -0.25) is 0 Å². The molecular weight excluding hydrogens is 324 g/mol. The largest absolute Gasteiger partial charge is 0.497 e. The summed E-state index contributed by atoms with van der Waals surface area (Å²) in [7, 11) is 3.06. The van der Waals surface area contributed by atoms with Crippen LogP contribution >= 0.6 is 0 Å². The molecule has 0 aromatic heterocycles. The van der Waals surface area contributed by atoms with E-state index in [1.807, 2.05) is 6.92 Å². The summed E-state index contributed by atoms with van der Waals surface area (Å²) in [5.41, 5.74) is 1.36. The van der Waals surface area contributed by atoms with Crippen LogP contribution in [0.2, 0.25) is 0 Å². The molecule has 0 spiro atoms. The number of carbonyl (C=O) groups is 2. The quantitative estimate of drug-likeness (QED) is 0.610. The van der Waals surface area contributed by atoms with Crippen molar-refractivity contribution in [1.82, 2.24) is 10.6 Å². The summed E-state index contributed by atoms with van der Waals surface area (Å²) < 4.78 is 15.9. The van der Waals surface area contributed by atoms with Gasteiger partial charge in [-0.15, -0.1) is 0 Å². The van der Waals surface area contributed by atoms with E-state index < -0.39 is 18.0 Å². The van der Waals surface area contributed by atoms with Crippen molar-refractivity contribution in [2.45, 2.75) is 19.9 Å². The van der Waals surface area contributed by atoms with E-state index in [4.69, 9.17) is 14.2 Å². The van der Waals surface area contributed by atoms with Crippen LogP contribution < -0.4 is 20.1 Å². The Hall–Kier alpha value is -2.96. The van der Waals surface area contributed by atoms with Crippen molar-refractivity contribution in [2.24, 2.45) is 0 Å². The van der Waals surface area contributed by atoms with Gasteiger partial charge in [0.25, 0.3) is 0 Å². The average Bonchev–Trinajstić information content (AvgIpc) is 2.60. The summed E-state index contributed by atoms with van der Waals surface area (Å²) in [6, 6.07) is 4.07. The number of benzene rings is 1. The van der Waals surface area contributed by atoms with Crippen molar-refractivity contribution < 1.29 is 23.8 Å². The number of hydrogen-bond donors (Lipinski definition) is 2. The fraction of sp³-hybridized carbons (Fsp3) is 0.333. The summed E-state index contributed by atoms with van der Waals surface area (Å²) in [5.74, 6) is 0.598. The Kier molecular flexibility index (Phi) is 6.05. The molecule has 1 aliphatic rings. The Labute approximate surface area is 146 Å². The Bertz CT molecular complexity index is 724. The second-order valence-electron chi connectivity index (χ2n) is 5.35. The van der Waals surface area contributed by atoms with E-state index in [1.165, 1.54) is 7.11 Å². The molecule has 134 valence electrons. The van der Waals surface area contributed by atoms with Crippen molar-refractivity contribution in [3.05, 3.63) is 47.2 Å². The molecule has 0 bridgehead atoms. The Balaban J connectivity index is 2.47. The van der Waals surface area contributed by atoms with E-state index in [0.717, 1.165) is 0 Å². The highest BCUT2D eigenvalue weighted by molar-refractivity contribution is 5.95. The standard InChI is InChI=1S/C18H22N2O5/c1-5-6-9-25-17(21)15-11(2)19-18(22)20-16(15)13-10-12(23-3)7-8-14(13)24-4/h5-8,10,16H,9H2,1-4H3,(H2,19,20,22)/b6-5+. The highest BCUT2D eigenvalue weighted by atomic mass is 16.5. The number of amides is 2. The molecule has 1 atom stereocenters. The van der Waals surface area contributed by atoms with Crippen molar-refractivity contribution in [2.75, 3.05) is 20.8 Å². The second kappa shape index (κ2) is 8.23. The topological polar surface area (TPSA) is 85.9 Å². The lowest BCUT2D eigenvalue weighted by molar-refractivity contribution is -0.138. The zero-order valence-corrected chi connectivity index (χ0v) is 14.7. The zero-order chi connectivity index (χ0) is 18.4. The van der Waals surface area contributed by atoms with E-state index in [2.05, 4.69) is 10.6 Å². The first-order chi connectivity index (χ1) is 12.0. The molecule has 1 aromatic rings. The number of carbonyl (C=O) groups excluding carboxylic acids is 2. The molecule has 25 heavy (non-hydrogen) atoms. The van der Waals surface area contributed by atoms with Gasteiger partial charge in [-0.25, -0.2) is 9.59 Å². The number of nitrogens with one attached hydrogen (secondary N) is 2. The minimum Gasteiger partial charge on any atom is -0.497 e. The van der Waals surface area contributed by atoms with Crippen LogP contribution in [-0.4, -0.2) is 32.8 Å². The summed E-state index contributed by atoms with van der Waals surface area (Å²) in [4.78, 5) is 24.5. The average molecular weight is 346 g/mol. The Morgan fingerprint density at radius 3 is 2.68 bits per heavy atom. The second-order valence-corrected chi connectivity index (χ2v) is 5.35. The SMILES string of the molecule is C/C=C/COC(=O)C1=C(C)NC(=O)NC1c1cc(OC)ccc1OC. The molecule has 7 nitrogen and oxygen atoms in total. The van der Waals surface area contributed by atoms with Gasteiger partial charge < -0.3 is 24.8 Å². The van der Waals surface area contributed by atoms with Gasteiger partial charge in [0.15, 0.2) is 0 Å². The van der Waals surface area contributed by atoms with Gasteiger partial charge >= 0.3 is 12.0 Å². The molecule has 0 radical (unpaired) electrons. The van der Waals surface area contributed by atoms with Gasteiger partial charge in [0.05, 0.1) is 25.8 Å². The molecule has 0 aliphatic carbocycles. The third-order valence-corrected chi connectivity index (χ3v) is 3.78. The normalized spacial score (nSPS) is 17.1. The number of hydrogen-bond acceptors (Lipinski definition) is 5. The molecule has 7 heteroatoms. The lowest BCUT2D eigenvalue weighted by Gasteiger charge is -2.29. The van der Waals surface area contributed by atoms with Crippen LogP contribution in [0.25, 0.3) is 0 Å². The van der Waals surface area contributed by atoms with Crippen molar-refractivity contribution in [3.63, 3.8) is 0 Å². The first kappa shape index (κ1) is 18.4. The number of methoxy groups -OCH3 is 2. The molecular formula is C18H22N2O5. The maximum atomic E-state index is 12.6. The third-order valence-electron chi connectivity index (χ3n) is 3.78. The van der Waals surface area contributed by atoms with Crippen LogP contribution in [0.5, 0.6) is 11.5 Å². The molecule has 2 N–H and O–H groups in total. The molecule has 0 saturated carbocycles. The van der Waals surface area contributed by atoms with E-state index in [0.29, 0.717) is 28.3 Å². The number of rotatable bonds is 6. The zero-order valence-electron chi connectivity index (χ0n) is 14.7. The van der Waals surface area contributed by atoms with Crippen LogP contribution in [0.3, 0.4) is 0 Å². The maximum absolute atomic E-state index is 12.6. The minimum absolute atomic E-state index is 0.155. The van der Waals surface area contributed by atoms with Gasteiger partial charge in [-0.05, 0) is 32.0 Å². The van der Waals surface area contributed by atoms with Gasteiger partial charge in [-0.2, -0.15) is 0 Å². The van der Waals surface area contributed by atoms with Crippen molar-refractivity contribution in [1.29, 1.82) is 0 Å². The Morgan fingerprint density at radius 1 is 1.28 bits per heavy atom. The highest BCUT2D eigenvalue weighted by Crippen LogP contribution is 2.35.